The van der Waals surface area contributed by atoms with E-state index in [0.29, 0.717) is 5.02 Å². The molecule has 122 valence electrons. The number of nitrogens with zero attached hydrogens (tertiary/aromatic N) is 2. The Hall–Kier alpha value is -1.10. The van der Waals surface area contributed by atoms with Gasteiger partial charge in [-0.05, 0) is 45.9 Å². The van der Waals surface area contributed by atoms with Gasteiger partial charge in [0.05, 0.1) is 22.9 Å². The van der Waals surface area contributed by atoms with Crippen LogP contribution >= 0.6 is 11.6 Å². The van der Waals surface area contributed by atoms with E-state index in [0.717, 1.165) is 38.2 Å². The summed E-state index contributed by atoms with van der Waals surface area (Å²) in [6, 6.07) is 7.46. The second-order valence-electron chi connectivity index (χ2n) is 6.00. The fourth-order valence-corrected chi connectivity index (χ4v) is 3.01. The van der Waals surface area contributed by atoms with Gasteiger partial charge in [-0.2, -0.15) is 0 Å². The number of amides is 1. The van der Waals surface area contributed by atoms with Gasteiger partial charge in [0.15, 0.2) is 0 Å². The third-order valence-electron chi connectivity index (χ3n) is 3.96. The Balaban J connectivity index is 1.89. The second kappa shape index (κ2) is 7.95. The molecule has 0 N–H and O–H groups in total. The maximum absolute atomic E-state index is 12.6. The average molecular weight is 325 g/mol. The van der Waals surface area contributed by atoms with Crippen LogP contribution in [-0.2, 0) is 9.53 Å². The van der Waals surface area contributed by atoms with E-state index in [9.17, 15) is 4.79 Å². The minimum atomic E-state index is -0.0599. The maximum atomic E-state index is 12.6. The fraction of sp³-hybridized carbons (Fsp3) is 0.588. The Labute approximate surface area is 138 Å². The number of hydrogen-bond donors (Lipinski definition) is 0. The molecular weight excluding hydrogens is 300 g/mol. The first-order chi connectivity index (χ1) is 10.5. The lowest BCUT2D eigenvalue weighted by Gasteiger charge is -2.24. The predicted octanol–water partition coefficient (Wildman–Crippen LogP) is 3.19. The monoisotopic (exact) mass is 324 g/mol. The van der Waals surface area contributed by atoms with Crippen molar-refractivity contribution in [3.63, 3.8) is 0 Å². The molecule has 0 saturated carbocycles. The molecule has 1 amide bonds. The predicted molar refractivity (Wildman–Crippen MR) is 90.5 cm³/mol. The molecule has 1 saturated heterocycles. The van der Waals surface area contributed by atoms with E-state index in [1.807, 2.05) is 45.2 Å². The smallest absolute Gasteiger partial charge is 0.244 e. The highest BCUT2D eigenvalue weighted by atomic mass is 35.5. The van der Waals surface area contributed by atoms with Crippen molar-refractivity contribution in [1.82, 2.24) is 4.90 Å². The van der Waals surface area contributed by atoms with Crippen molar-refractivity contribution in [2.45, 2.75) is 38.8 Å². The number of ether oxygens (including phenoxy) is 1. The van der Waals surface area contributed by atoms with Gasteiger partial charge in [0, 0.05) is 19.7 Å². The Morgan fingerprint density at radius 1 is 1.41 bits per heavy atom. The van der Waals surface area contributed by atoms with E-state index >= 15 is 0 Å². The molecular formula is C17H25ClN2O2. The molecule has 0 spiro atoms. The second-order valence-corrected chi connectivity index (χ2v) is 6.41. The molecule has 0 radical (unpaired) electrons. The van der Waals surface area contributed by atoms with Crippen LogP contribution in [0.1, 0.15) is 26.7 Å². The number of carbonyl (C=O) groups is 1. The van der Waals surface area contributed by atoms with Gasteiger partial charge in [0.2, 0.25) is 5.91 Å². The molecule has 1 aromatic rings. The minimum absolute atomic E-state index is 0.0599. The lowest BCUT2D eigenvalue weighted by molar-refractivity contribution is -0.121. The van der Waals surface area contributed by atoms with Gasteiger partial charge < -0.3 is 9.64 Å². The summed E-state index contributed by atoms with van der Waals surface area (Å²) in [5.41, 5.74) is 0.813. The van der Waals surface area contributed by atoms with Crippen molar-refractivity contribution < 1.29 is 9.53 Å². The van der Waals surface area contributed by atoms with Crippen molar-refractivity contribution >= 4 is 23.2 Å². The van der Waals surface area contributed by atoms with Crippen LogP contribution < -0.4 is 4.90 Å². The van der Waals surface area contributed by atoms with Crippen LogP contribution in [0.5, 0.6) is 0 Å². The number of rotatable bonds is 7. The van der Waals surface area contributed by atoms with Crippen LogP contribution in [0.2, 0.25) is 5.02 Å². The summed E-state index contributed by atoms with van der Waals surface area (Å²) < 4.78 is 5.55. The normalized spacial score (nSPS) is 18.7. The fourth-order valence-electron chi connectivity index (χ4n) is 2.77. The van der Waals surface area contributed by atoms with Crippen LogP contribution in [0.15, 0.2) is 24.3 Å². The summed E-state index contributed by atoms with van der Waals surface area (Å²) >= 11 is 6.20. The topological polar surface area (TPSA) is 32.8 Å². The van der Waals surface area contributed by atoms with E-state index in [2.05, 4.69) is 4.90 Å². The Bertz CT molecular complexity index is 507. The molecule has 1 heterocycles. The minimum Gasteiger partial charge on any atom is -0.379 e. The summed E-state index contributed by atoms with van der Waals surface area (Å²) in [5.74, 6) is 0.139. The third kappa shape index (κ3) is 4.22. The number of anilines is 1. The summed E-state index contributed by atoms with van der Waals surface area (Å²) in [5, 5.41) is 0.629. The van der Waals surface area contributed by atoms with Crippen LogP contribution in [-0.4, -0.2) is 49.7 Å². The molecule has 1 unspecified atom stereocenters. The van der Waals surface area contributed by atoms with Gasteiger partial charge in [-0.1, -0.05) is 23.7 Å². The lowest BCUT2D eigenvalue weighted by Crippen LogP contribution is -2.40. The van der Waals surface area contributed by atoms with Gasteiger partial charge in [-0.25, -0.2) is 0 Å². The van der Waals surface area contributed by atoms with Gasteiger partial charge in [0.25, 0.3) is 0 Å². The zero-order valence-electron chi connectivity index (χ0n) is 13.6. The van der Waals surface area contributed by atoms with Crippen molar-refractivity contribution in [3.05, 3.63) is 29.3 Å². The van der Waals surface area contributed by atoms with E-state index < -0.39 is 0 Å². The van der Waals surface area contributed by atoms with Crippen molar-refractivity contribution in [2.24, 2.45) is 0 Å². The van der Waals surface area contributed by atoms with Crippen molar-refractivity contribution in [2.75, 3.05) is 31.6 Å². The van der Waals surface area contributed by atoms with Crippen LogP contribution in [0.25, 0.3) is 0 Å². The molecule has 0 aliphatic carbocycles. The largest absolute Gasteiger partial charge is 0.379 e. The Morgan fingerprint density at radius 3 is 2.82 bits per heavy atom. The first-order valence-corrected chi connectivity index (χ1v) is 8.26. The quantitative estimate of drug-likeness (QED) is 0.722. The lowest BCUT2D eigenvalue weighted by atomic mass is 10.2. The van der Waals surface area contributed by atoms with E-state index in [-0.39, 0.29) is 18.1 Å². The molecule has 1 aromatic carbocycles. The van der Waals surface area contributed by atoms with Gasteiger partial charge in [0.1, 0.15) is 0 Å². The number of halogens is 1. The van der Waals surface area contributed by atoms with Gasteiger partial charge >= 0.3 is 0 Å². The molecule has 1 fully saturated rings. The van der Waals surface area contributed by atoms with Crippen LogP contribution in [0, 0.1) is 0 Å². The van der Waals surface area contributed by atoms with E-state index in [1.165, 1.54) is 0 Å². The first-order valence-electron chi connectivity index (χ1n) is 7.88. The Kier molecular flexibility index (Phi) is 6.24. The first kappa shape index (κ1) is 17.3. The molecule has 22 heavy (non-hydrogen) atoms. The third-order valence-corrected chi connectivity index (χ3v) is 4.28. The number of para-hydroxylation sites is 1. The Morgan fingerprint density at radius 2 is 2.14 bits per heavy atom. The molecule has 1 atom stereocenters. The molecule has 0 bridgehead atoms. The summed E-state index contributed by atoms with van der Waals surface area (Å²) in [6.45, 7) is 6.38. The zero-order valence-corrected chi connectivity index (χ0v) is 14.3. The van der Waals surface area contributed by atoms with Crippen LogP contribution in [0.3, 0.4) is 0 Å². The zero-order chi connectivity index (χ0) is 16.1. The number of hydrogen-bond acceptors (Lipinski definition) is 3. The number of carbonyl (C=O) groups excluding carboxylic acids is 1. The number of likely N-dealkylation sites (N-methyl/N-ethyl adjacent to an activating group) is 1. The summed E-state index contributed by atoms with van der Waals surface area (Å²) in [4.78, 5) is 16.6. The SMILES string of the molecule is CC(C)OCCCN(C)C1CCN(c2ccccc2Cl)C1=O. The standard InChI is InChI=1S/C17H25ClN2O2/c1-13(2)22-12-6-10-19(3)16-9-11-20(17(16)21)15-8-5-4-7-14(15)18/h4-5,7-8,13,16H,6,9-12H2,1-3H3. The maximum Gasteiger partial charge on any atom is 0.244 e. The highest BCUT2D eigenvalue weighted by Gasteiger charge is 2.35. The van der Waals surface area contributed by atoms with Crippen molar-refractivity contribution in [3.8, 4) is 0 Å². The van der Waals surface area contributed by atoms with E-state index in [4.69, 9.17) is 16.3 Å². The van der Waals surface area contributed by atoms with E-state index in [1.54, 1.807) is 4.90 Å². The molecule has 1 aliphatic rings. The molecule has 1 aliphatic heterocycles. The summed E-state index contributed by atoms with van der Waals surface area (Å²) in [6.07, 6.45) is 2.03. The molecule has 0 aromatic heterocycles. The summed E-state index contributed by atoms with van der Waals surface area (Å²) in [7, 11) is 2.01. The van der Waals surface area contributed by atoms with Crippen molar-refractivity contribution in [1.29, 1.82) is 0 Å². The number of benzene rings is 1. The van der Waals surface area contributed by atoms with Gasteiger partial charge in [-0.15, -0.1) is 0 Å². The highest BCUT2D eigenvalue weighted by molar-refractivity contribution is 6.33. The molecule has 4 nitrogen and oxygen atoms in total. The highest BCUT2D eigenvalue weighted by Crippen LogP contribution is 2.30. The van der Waals surface area contributed by atoms with Gasteiger partial charge in [-0.3, -0.25) is 9.69 Å². The average Bonchev–Trinajstić information content (AvgIpc) is 2.85. The molecule has 2 rings (SSSR count). The molecule has 5 heteroatoms. The van der Waals surface area contributed by atoms with Crippen LogP contribution in [0.4, 0.5) is 5.69 Å².